The normalized spacial score (nSPS) is 12.8. The van der Waals surface area contributed by atoms with E-state index in [2.05, 4.69) is 5.32 Å². The van der Waals surface area contributed by atoms with Crippen LogP contribution in [0, 0.1) is 0 Å². The molecule has 8 heteroatoms. The summed E-state index contributed by atoms with van der Waals surface area (Å²) in [5.74, 6) is -0.0820. The molecule has 1 rings (SSSR count). The zero-order valence-corrected chi connectivity index (χ0v) is 11.2. The van der Waals surface area contributed by atoms with Crippen molar-refractivity contribution >= 4 is 5.91 Å². The molecule has 0 heterocycles. The lowest BCUT2D eigenvalue weighted by Crippen LogP contribution is -2.36. The average molecular weight is 306 g/mol. The molecule has 0 aliphatic heterocycles. The molecule has 0 spiro atoms. The molecular weight excluding hydrogens is 289 g/mol. The third-order valence-electron chi connectivity index (χ3n) is 2.53. The number of nitrogens with two attached hydrogens (primary N) is 1. The summed E-state index contributed by atoms with van der Waals surface area (Å²) in [6.07, 6.45) is -5.20. The van der Waals surface area contributed by atoms with E-state index in [9.17, 15) is 23.1 Å². The number of carbonyl (C=O) groups excluding carboxylic acids is 1. The second-order valence-corrected chi connectivity index (χ2v) is 4.33. The van der Waals surface area contributed by atoms with Gasteiger partial charge in [-0.3, -0.25) is 4.79 Å². The van der Waals surface area contributed by atoms with Gasteiger partial charge in [-0.15, -0.1) is 0 Å². The Kier molecular flexibility index (Phi) is 6.44. The minimum atomic E-state index is -4.40. The van der Waals surface area contributed by atoms with Crippen LogP contribution in [0.3, 0.4) is 0 Å². The van der Waals surface area contributed by atoms with Crippen LogP contribution in [-0.4, -0.2) is 36.8 Å². The zero-order chi connectivity index (χ0) is 15.9. The van der Waals surface area contributed by atoms with Crippen LogP contribution in [0.15, 0.2) is 24.3 Å². The van der Waals surface area contributed by atoms with Crippen LogP contribution in [0.2, 0.25) is 0 Å². The number of amides is 1. The van der Waals surface area contributed by atoms with Gasteiger partial charge >= 0.3 is 6.18 Å². The number of alkyl halides is 3. The highest BCUT2D eigenvalue weighted by atomic mass is 19.4. The third-order valence-corrected chi connectivity index (χ3v) is 2.53. The third kappa shape index (κ3) is 6.46. The standard InChI is InChI=1S/C13H17F3N2O3/c14-13(15,16)9-1-3-11(4-2-9)21-8-10(19)7-18-12(20)5-6-17/h1-4,10,19H,5-8,17H2,(H,18,20). The minimum Gasteiger partial charge on any atom is -0.491 e. The van der Waals surface area contributed by atoms with Gasteiger partial charge in [0.1, 0.15) is 18.5 Å². The van der Waals surface area contributed by atoms with Gasteiger partial charge < -0.3 is 20.9 Å². The monoisotopic (exact) mass is 306 g/mol. The van der Waals surface area contributed by atoms with Crippen molar-refractivity contribution in [2.45, 2.75) is 18.7 Å². The fourth-order valence-electron chi connectivity index (χ4n) is 1.44. The molecule has 1 atom stereocenters. The highest BCUT2D eigenvalue weighted by molar-refractivity contribution is 5.76. The fourth-order valence-corrected chi connectivity index (χ4v) is 1.44. The Morgan fingerprint density at radius 2 is 1.95 bits per heavy atom. The quantitative estimate of drug-likeness (QED) is 0.699. The van der Waals surface area contributed by atoms with Crippen molar-refractivity contribution in [2.24, 2.45) is 5.73 Å². The molecule has 0 aromatic heterocycles. The van der Waals surface area contributed by atoms with Crippen LogP contribution in [0.25, 0.3) is 0 Å². The van der Waals surface area contributed by atoms with Crippen molar-refractivity contribution in [3.8, 4) is 5.75 Å². The molecule has 0 bridgehead atoms. The van der Waals surface area contributed by atoms with Crippen LogP contribution < -0.4 is 15.8 Å². The molecule has 1 amide bonds. The molecule has 1 aromatic carbocycles. The highest BCUT2D eigenvalue weighted by Gasteiger charge is 2.30. The van der Waals surface area contributed by atoms with Crippen molar-refractivity contribution in [3.63, 3.8) is 0 Å². The largest absolute Gasteiger partial charge is 0.491 e. The van der Waals surface area contributed by atoms with E-state index in [4.69, 9.17) is 10.5 Å². The van der Waals surface area contributed by atoms with E-state index in [0.717, 1.165) is 12.1 Å². The summed E-state index contributed by atoms with van der Waals surface area (Å²) in [6, 6.07) is 4.13. The van der Waals surface area contributed by atoms with E-state index in [0.29, 0.717) is 0 Å². The van der Waals surface area contributed by atoms with Crippen molar-refractivity contribution < 1.29 is 27.8 Å². The van der Waals surface area contributed by atoms with Crippen LogP contribution in [0.5, 0.6) is 5.75 Å². The molecular formula is C13H17F3N2O3. The Hall–Kier alpha value is -1.80. The molecule has 4 N–H and O–H groups in total. The molecule has 0 radical (unpaired) electrons. The lowest BCUT2D eigenvalue weighted by atomic mass is 10.2. The molecule has 0 saturated carbocycles. The van der Waals surface area contributed by atoms with Gasteiger partial charge in [0.25, 0.3) is 0 Å². The number of ether oxygens (including phenoxy) is 1. The van der Waals surface area contributed by atoms with Crippen LogP contribution >= 0.6 is 0 Å². The summed E-state index contributed by atoms with van der Waals surface area (Å²) < 4.78 is 42.2. The van der Waals surface area contributed by atoms with Gasteiger partial charge in [-0.1, -0.05) is 0 Å². The maximum Gasteiger partial charge on any atom is 0.416 e. The van der Waals surface area contributed by atoms with E-state index in [1.165, 1.54) is 12.1 Å². The number of hydrogen-bond donors (Lipinski definition) is 3. The lowest BCUT2D eigenvalue weighted by Gasteiger charge is -2.14. The SMILES string of the molecule is NCCC(=O)NCC(O)COc1ccc(C(F)(F)F)cc1. The van der Waals surface area contributed by atoms with Crippen LogP contribution in [0.1, 0.15) is 12.0 Å². The summed E-state index contributed by atoms with van der Waals surface area (Å²) in [6.45, 7) is 0.0533. The lowest BCUT2D eigenvalue weighted by molar-refractivity contribution is -0.137. The predicted molar refractivity (Wildman–Crippen MR) is 69.6 cm³/mol. The first-order valence-electron chi connectivity index (χ1n) is 6.28. The first kappa shape index (κ1) is 17.3. The van der Waals surface area contributed by atoms with Gasteiger partial charge in [0, 0.05) is 19.5 Å². The first-order valence-corrected chi connectivity index (χ1v) is 6.28. The number of hydrogen-bond acceptors (Lipinski definition) is 4. The maximum absolute atomic E-state index is 12.3. The minimum absolute atomic E-state index is 0.0144. The van der Waals surface area contributed by atoms with E-state index >= 15 is 0 Å². The van der Waals surface area contributed by atoms with Gasteiger partial charge in [0.05, 0.1) is 5.56 Å². The van der Waals surface area contributed by atoms with Gasteiger partial charge in [0.15, 0.2) is 0 Å². The Bertz CT molecular complexity index is 449. The van der Waals surface area contributed by atoms with E-state index in [1.54, 1.807) is 0 Å². The Balaban J connectivity index is 2.36. The molecule has 0 saturated heterocycles. The molecule has 1 aromatic rings. The Labute approximate surface area is 119 Å². The fraction of sp³-hybridized carbons (Fsp3) is 0.462. The van der Waals surface area contributed by atoms with E-state index in [1.807, 2.05) is 0 Å². The summed E-state index contributed by atoms with van der Waals surface area (Å²) in [5.41, 5.74) is 4.41. The number of aliphatic hydroxyl groups is 1. The Morgan fingerprint density at radius 1 is 1.33 bits per heavy atom. The van der Waals surface area contributed by atoms with E-state index < -0.39 is 17.8 Å². The number of carbonyl (C=O) groups is 1. The number of nitrogens with one attached hydrogen (secondary N) is 1. The number of aliphatic hydroxyl groups excluding tert-OH is 1. The van der Waals surface area contributed by atoms with Crippen LogP contribution in [-0.2, 0) is 11.0 Å². The number of halogens is 3. The predicted octanol–water partition coefficient (Wildman–Crippen LogP) is 0.910. The molecule has 0 aliphatic rings. The second kappa shape index (κ2) is 7.84. The van der Waals surface area contributed by atoms with Gasteiger partial charge in [0.2, 0.25) is 5.91 Å². The van der Waals surface area contributed by atoms with Gasteiger partial charge in [-0.2, -0.15) is 13.2 Å². The molecule has 5 nitrogen and oxygen atoms in total. The summed E-state index contributed by atoms with van der Waals surface area (Å²) in [5, 5.41) is 12.0. The average Bonchev–Trinajstić information content (AvgIpc) is 2.43. The molecule has 0 aliphatic carbocycles. The highest BCUT2D eigenvalue weighted by Crippen LogP contribution is 2.30. The van der Waals surface area contributed by atoms with Crippen molar-refractivity contribution in [1.82, 2.24) is 5.32 Å². The summed E-state index contributed by atoms with van der Waals surface area (Å²) >= 11 is 0. The second-order valence-electron chi connectivity index (χ2n) is 4.33. The molecule has 1 unspecified atom stereocenters. The summed E-state index contributed by atoms with van der Waals surface area (Å²) in [7, 11) is 0. The molecule has 118 valence electrons. The van der Waals surface area contributed by atoms with Gasteiger partial charge in [-0.25, -0.2) is 0 Å². The molecule has 21 heavy (non-hydrogen) atoms. The maximum atomic E-state index is 12.3. The molecule has 0 fully saturated rings. The first-order chi connectivity index (χ1) is 9.82. The summed E-state index contributed by atoms with van der Waals surface area (Å²) in [4.78, 5) is 11.1. The zero-order valence-electron chi connectivity index (χ0n) is 11.2. The topological polar surface area (TPSA) is 84.6 Å². The van der Waals surface area contributed by atoms with E-state index in [-0.39, 0.29) is 37.8 Å². The van der Waals surface area contributed by atoms with Crippen molar-refractivity contribution in [3.05, 3.63) is 29.8 Å². The Morgan fingerprint density at radius 3 is 2.48 bits per heavy atom. The van der Waals surface area contributed by atoms with Crippen LogP contribution in [0.4, 0.5) is 13.2 Å². The van der Waals surface area contributed by atoms with Crippen molar-refractivity contribution in [1.29, 1.82) is 0 Å². The number of rotatable bonds is 7. The smallest absolute Gasteiger partial charge is 0.416 e. The van der Waals surface area contributed by atoms with Crippen molar-refractivity contribution in [2.75, 3.05) is 19.7 Å². The number of benzene rings is 1. The van der Waals surface area contributed by atoms with Gasteiger partial charge in [-0.05, 0) is 24.3 Å².